The van der Waals surface area contributed by atoms with Gasteiger partial charge < -0.3 is 5.32 Å². The highest BCUT2D eigenvalue weighted by atomic mass is 32.1. The van der Waals surface area contributed by atoms with Crippen molar-refractivity contribution >= 4 is 11.3 Å². The number of hydrogen-bond donors (Lipinski definition) is 1. The number of rotatable bonds is 5. The van der Waals surface area contributed by atoms with Crippen molar-refractivity contribution in [2.75, 3.05) is 6.54 Å². The summed E-state index contributed by atoms with van der Waals surface area (Å²) in [4.78, 5) is 6.34. The minimum atomic E-state index is 0.488. The highest BCUT2D eigenvalue weighted by molar-refractivity contribution is 7.11. The molecule has 1 saturated carbocycles. The molecule has 0 saturated heterocycles. The molecule has 0 bridgehead atoms. The maximum absolute atomic E-state index is 4.90. The molecule has 0 aromatic carbocycles. The van der Waals surface area contributed by atoms with Crippen LogP contribution in [0.2, 0.25) is 0 Å². The molecular formula is C14H24N2S. The van der Waals surface area contributed by atoms with Crippen LogP contribution in [-0.4, -0.2) is 11.5 Å². The van der Waals surface area contributed by atoms with E-state index in [1.54, 1.807) is 0 Å². The lowest BCUT2D eigenvalue weighted by Crippen LogP contribution is -2.12. The Hall–Kier alpha value is -0.410. The van der Waals surface area contributed by atoms with E-state index in [0.29, 0.717) is 17.3 Å². The Morgan fingerprint density at radius 2 is 2.12 bits per heavy atom. The first kappa shape index (κ1) is 13.0. The fourth-order valence-electron chi connectivity index (χ4n) is 2.24. The highest BCUT2D eigenvalue weighted by Gasteiger charge is 2.48. The van der Waals surface area contributed by atoms with E-state index >= 15 is 0 Å². The molecule has 1 aliphatic carbocycles. The number of nitrogens with one attached hydrogen (secondary N) is 1. The van der Waals surface area contributed by atoms with Gasteiger partial charge in [0.2, 0.25) is 0 Å². The van der Waals surface area contributed by atoms with Crippen molar-refractivity contribution < 1.29 is 0 Å². The molecule has 0 aliphatic heterocycles. The molecule has 2 nitrogen and oxygen atoms in total. The van der Waals surface area contributed by atoms with E-state index in [4.69, 9.17) is 4.98 Å². The summed E-state index contributed by atoms with van der Waals surface area (Å²) in [6.45, 7) is 13.3. The molecule has 1 aromatic heterocycles. The Bertz CT molecular complexity index is 393. The minimum Gasteiger partial charge on any atom is -0.312 e. The average Bonchev–Trinajstić information content (AvgIpc) is 2.74. The molecule has 1 fully saturated rings. The predicted octanol–water partition coefficient (Wildman–Crippen LogP) is 3.89. The summed E-state index contributed by atoms with van der Waals surface area (Å²) in [6, 6.07) is 0. The summed E-state index contributed by atoms with van der Waals surface area (Å²) < 4.78 is 0. The smallest absolute Gasteiger partial charge is 0.0968 e. The Kier molecular flexibility index (Phi) is 3.60. The molecule has 17 heavy (non-hydrogen) atoms. The van der Waals surface area contributed by atoms with Crippen LogP contribution >= 0.6 is 11.3 Å². The zero-order valence-electron chi connectivity index (χ0n) is 11.6. The van der Waals surface area contributed by atoms with Gasteiger partial charge in [-0.3, -0.25) is 0 Å². The monoisotopic (exact) mass is 252 g/mol. The van der Waals surface area contributed by atoms with Crippen molar-refractivity contribution in [1.29, 1.82) is 0 Å². The largest absolute Gasteiger partial charge is 0.312 e. The van der Waals surface area contributed by atoms with Gasteiger partial charge in [-0.25, -0.2) is 4.98 Å². The first-order valence-corrected chi connectivity index (χ1v) is 7.47. The van der Waals surface area contributed by atoms with E-state index in [1.807, 2.05) is 11.3 Å². The molecule has 0 spiro atoms. The van der Waals surface area contributed by atoms with Gasteiger partial charge in [0.1, 0.15) is 0 Å². The van der Waals surface area contributed by atoms with Gasteiger partial charge in [0.15, 0.2) is 0 Å². The Labute approximate surface area is 109 Å². The minimum absolute atomic E-state index is 0.488. The van der Waals surface area contributed by atoms with Gasteiger partial charge in [-0.15, -0.1) is 11.3 Å². The molecule has 1 aliphatic rings. The van der Waals surface area contributed by atoms with Crippen molar-refractivity contribution in [2.24, 2.45) is 5.41 Å². The SMILES string of the molecule is CCNCc1sc(C2CC2(C)C)nc1C(C)C. The van der Waals surface area contributed by atoms with Gasteiger partial charge in [-0.05, 0) is 24.3 Å². The summed E-state index contributed by atoms with van der Waals surface area (Å²) in [7, 11) is 0. The Morgan fingerprint density at radius 1 is 1.47 bits per heavy atom. The van der Waals surface area contributed by atoms with Crippen LogP contribution in [0.5, 0.6) is 0 Å². The van der Waals surface area contributed by atoms with Crippen LogP contribution in [-0.2, 0) is 6.54 Å². The predicted molar refractivity (Wildman–Crippen MR) is 74.7 cm³/mol. The molecular weight excluding hydrogens is 228 g/mol. The lowest BCUT2D eigenvalue weighted by Gasteiger charge is -2.04. The van der Waals surface area contributed by atoms with E-state index in [9.17, 15) is 0 Å². The van der Waals surface area contributed by atoms with Crippen molar-refractivity contribution in [2.45, 2.75) is 59.4 Å². The first-order chi connectivity index (χ1) is 7.95. The van der Waals surface area contributed by atoms with E-state index in [0.717, 1.165) is 13.1 Å². The number of aromatic nitrogens is 1. The van der Waals surface area contributed by atoms with E-state index in [-0.39, 0.29) is 0 Å². The fraction of sp³-hybridized carbons (Fsp3) is 0.786. The molecule has 1 heterocycles. The molecule has 0 radical (unpaired) electrons. The summed E-state index contributed by atoms with van der Waals surface area (Å²) in [6.07, 6.45) is 1.30. The normalized spacial score (nSPS) is 22.1. The van der Waals surface area contributed by atoms with Gasteiger partial charge in [0.05, 0.1) is 10.7 Å². The summed E-state index contributed by atoms with van der Waals surface area (Å²) in [5.74, 6) is 1.25. The lowest BCUT2D eigenvalue weighted by atomic mass is 10.1. The van der Waals surface area contributed by atoms with E-state index in [1.165, 1.54) is 22.0 Å². The third-order valence-corrected chi connectivity index (χ3v) is 4.82. The fourth-order valence-corrected chi connectivity index (χ4v) is 3.74. The van der Waals surface area contributed by atoms with Gasteiger partial charge in [-0.2, -0.15) is 0 Å². The summed E-state index contributed by atoms with van der Waals surface area (Å²) >= 11 is 1.93. The third kappa shape index (κ3) is 2.71. The summed E-state index contributed by atoms with van der Waals surface area (Å²) in [5, 5.41) is 4.79. The zero-order valence-corrected chi connectivity index (χ0v) is 12.4. The van der Waals surface area contributed by atoms with Crippen LogP contribution < -0.4 is 5.32 Å². The quantitative estimate of drug-likeness (QED) is 0.860. The van der Waals surface area contributed by atoms with E-state index in [2.05, 4.69) is 39.9 Å². The average molecular weight is 252 g/mol. The summed E-state index contributed by atoms with van der Waals surface area (Å²) in [5.41, 5.74) is 1.80. The maximum atomic E-state index is 4.90. The molecule has 3 heteroatoms. The van der Waals surface area contributed by atoms with E-state index < -0.39 is 0 Å². The topological polar surface area (TPSA) is 24.9 Å². The second-order valence-electron chi connectivity index (χ2n) is 6.04. The molecule has 1 unspecified atom stereocenters. The van der Waals surface area contributed by atoms with Crippen molar-refractivity contribution in [3.63, 3.8) is 0 Å². The van der Waals surface area contributed by atoms with Crippen LogP contribution in [0.15, 0.2) is 0 Å². The third-order valence-electron chi connectivity index (χ3n) is 3.64. The van der Waals surface area contributed by atoms with Crippen molar-refractivity contribution in [3.8, 4) is 0 Å². The second kappa shape index (κ2) is 4.69. The van der Waals surface area contributed by atoms with Crippen LogP contribution in [0.4, 0.5) is 0 Å². The molecule has 96 valence electrons. The Morgan fingerprint density at radius 3 is 2.59 bits per heavy atom. The van der Waals surface area contributed by atoms with Crippen LogP contribution in [0.1, 0.15) is 68.5 Å². The molecule has 1 aromatic rings. The Balaban J connectivity index is 2.19. The second-order valence-corrected chi connectivity index (χ2v) is 7.16. The van der Waals surface area contributed by atoms with Crippen LogP contribution in [0.3, 0.4) is 0 Å². The number of thiazole rings is 1. The van der Waals surface area contributed by atoms with Gasteiger partial charge in [0.25, 0.3) is 0 Å². The van der Waals surface area contributed by atoms with Crippen molar-refractivity contribution in [3.05, 3.63) is 15.6 Å². The molecule has 1 N–H and O–H groups in total. The molecule has 2 rings (SSSR count). The lowest BCUT2D eigenvalue weighted by molar-refractivity contribution is 0.619. The molecule has 1 atom stereocenters. The zero-order chi connectivity index (χ0) is 12.6. The number of nitrogens with zero attached hydrogens (tertiary/aromatic N) is 1. The van der Waals surface area contributed by atoms with Crippen molar-refractivity contribution in [1.82, 2.24) is 10.3 Å². The first-order valence-electron chi connectivity index (χ1n) is 6.66. The molecule has 0 amide bonds. The number of hydrogen-bond acceptors (Lipinski definition) is 3. The van der Waals surface area contributed by atoms with Crippen LogP contribution in [0, 0.1) is 5.41 Å². The highest BCUT2D eigenvalue weighted by Crippen LogP contribution is 2.59. The maximum Gasteiger partial charge on any atom is 0.0968 e. The van der Waals surface area contributed by atoms with Gasteiger partial charge in [-0.1, -0.05) is 34.6 Å². The van der Waals surface area contributed by atoms with Crippen LogP contribution in [0.25, 0.3) is 0 Å². The van der Waals surface area contributed by atoms with Gasteiger partial charge in [0, 0.05) is 17.3 Å². The van der Waals surface area contributed by atoms with Gasteiger partial charge >= 0.3 is 0 Å². The standard InChI is InChI=1S/C14H24N2S/c1-6-15-8-11-12(9(2)3)16-13(17-11)10-7-14(10,4)5/h9-10,15H,6-8H2,1-5H3.